The Morgan fingerprint density at radius 1 is 1.05 bits per heavy atom. The fourth-order valence-corrected chi connectivity index (χ4v) is 3.16. The van der Waals surface area contributed by atoms with E-state index in [1.165, 1.54) is 0 Å². The fourth-order valence-electron chi connectivity index (χ4n) is 1.94. The van der Waals surface area contributed by atoms with Gasteiger partial charge in [-0.25, -0.2) is 4.98 Å². The third-order valence-electron chi connectivity index (χ3n) is 2.98. The lowest BCUT2D eigenvalue weighted by molar-refractivity contribution is 1.11. The summed E-state index contributed by atoms with van der Waals surface area (Å²) in [5.41, 5.74) is 2.99. The van der Waals surface area contributed by atoms with Crippen LogP contribution in [0.2, 0.25) is 10.0 Å². The Morgan fingerprint density at radius 3 is 2.62 bits per heavy atom. The van der Waals surface area contributed by atoms with E-state index in [9.17, 15) is 0 Å². The zero-order valence-corrected chi connectivity index (χ0v) is 13.3. The summed E-state index contributed by atoms with van der Waals surface area (Å²) in [6.07, 6.45) is 0. The Kier molecular flexibility index (Phi) is 4.44. The lowest BCUT2D eigenvalue weighted by Crippen LogP contribution is -1.99. The van der Waals surface area contributed by atoms with Crippen LogP contribution in [0.1, 0.15) is 5.01 Å². The minimum atomic E-state index is 0.613. The number of nitrogens with one attached hydrogen (secondary N) is 1. The molecular formula is C16H12Cl2N2S. The Labute approximate surface area is 137 Å². The molecule has 1 aromatic heterocycles. The first kappa shape index (κ1) is 14.4. The summed E-state index contributed by atoms with van der Waals surface area (Å²) >= 11 is 13.6. The van der Waals surface area contributed by atoms with Gasteiger partial charge in [0.2, 0.25) is 0 Å². The molecule has 0 unspecified atom stereocenters. The molecule has 0 aliphatic rings. The summed E-state index contributed by atoms with van der Waals surface area (Å²) in [6, 6.07) is 15.6. The smallest absolute Gasteiger partial charge is 0.112 e. The van der Waals surface area contributed by atoms with Crippen molar-refractivity contribution in [3.05, 3.63) is 69.0 Å². The van der Waals surface area contributed by atoms with E-state index in [0.717, 1.165) is 22.0 Å². The highest BCUT2D eigenvalue weighted by atomic mass is 35.5. The molecule has 106 valence electrons. The average molecular weight is 335 g/mol. The van der Waals surface area contributed by atoms with Crippen molar-refractivity contribution in [1.29, 1.82) is 0 Å². The maximum Gasteiger partial charge on any atom is 0.112 e. The van der Waals surface area contributed by atoms with Crippen LogP contribution in [-0.4, -0.2) is 4.98 Å². The zero-order valence-electron chi connectivity index (χ0n) is 11.0. The highest BCUT2D eigenvalue weighted by Crippen LogP contribution is 2.27. The Morgan fingerprint density at radius 2 is 1.86 bits per heavy atom. The number of benzene rings is 2. The first-order chi connectivity index (χ1) is 10.2. The summed E-state index contributed by atoms with van der Waals surface area (Å²) in [5, 5.41) is 7.60. The first-order valence-electron chi connectivity index (χ1n) is 6.41. The molecule has 1 heterocycles. The Bertz CT molecular complexity index is 741. The molecule has 0 aliphatic carbocycles. The maximum absolute atomic E-state index is 6.13. The lowest BCUT2D eigenvalue weighted by atomic mass is 10.2. The molecule has 0 saturated heterocycles. The van der Waals surface area contributed by atoms with E-state index in [-0.39, 0.29) is 0 Å². The molecule has 0 radical (unpaired) electrons. The summed E-state index contributed by atoms with van der Waals surface area (Å²) in [5.74, 6) is 0. The second kappa shape index (κ2) is 6.48. The van der Waals surface area contributed by atoms with E-state index in [2.05, 4.69) is 27.8 Å². The molecule has 0 atom stereocenters. The van der Waals surface area contributed by atoms with Crippen molar-refractivity contribution in [2.75, 3.05) is 5.32 Å². The van der Waals surface area contributed by atoms with Crippen LogP contribution in [0.4, 0.5) is 5.69 Å². The molecule has 0 fully saturated rings. The normalized spacial score (nSPS) is 10.6. The largest absolute Gasteiger partial charge is 0.377 e. The van der Waals surface area contributed by atoms with Crippen LogP contribution in [0.3, 0.4) is 0 Å². The average Bonchev–Trinajstić information content (AvgIpc) is 2.96. The van der Waals surface area contributed by atoms with Crippen LogP contribution in [0.25, 0.3) is 11.3 Å². The lowest BCUT2D eigenvalue weighted by Gasteiger charge is -2.06. The van der Waals surface area contributed by atoms with Crippen molar-refractivity contribution in [2.24, 2.45) is 0 Å². The number of hydrogen-bond acceptors (Lipinski definition) is 3. The minimum Gasteiger partial charge on any atom is -0.377 e. The third kappa shape index (κ3) is 3.56. The Hall–Kier alpha value is -1.55. The molecule has 0 aliphatic heterocycles. The molecule has 1 N–H and O–H groups in total. The molecule has 0 amide bonds. The summed E-state index contributed by atoms with van der Waals surface area (Å²) in [6.45, 7) is 0.638. The van der Waals surface area contributed by atoms with Gasteiger partial charge >= 0.3 is 0 Å². The monoisotopic (exact) mass is 334 g/mol. The second-order valence-electron chi connectivity index (χ2n) is 4.47. The van der Waals surface area contributed by atoms with Gasteiger partial charge in [0.1, 0.15) is 5.01 Å². The van der Waals surface area contributed by atoms with Gasteiger partial charge in [0.15, 0.2) is 0 Å². The van der Waals surface area contributed by atoms with Crippen molar-refractivity contribution in [3.63, 3.8) is 0 Å². The first-order valence-corrected chi connectivity index (χ1v) is 8.05. The van der Waals surface area contributed by atoms with Gasteiger partial charge in [-0.2, -0.15) is 0 Å². The van der Waals surface area contributed by atoms with Crippen molar-refractivity contribution in [3.8, 4) is 11.3 Å². The van der Waals surface area contributed by atoms with Crippen LogP contribution < -0.4 is 5.32 Å². The van der Waals surface area contributed by atoms with Crippen molar-refractivity contribution in [2.45, 2.75) is 6.54 Å². The van der Waals surface area contributed by atoms with Crippen LogP contribution in [0, 0.1) is 0 Å². The predicted octanol–water partition coefficient (Wildman–Crippen LogP) is 5.73. The van der Waals surface area contributed by atoms with Gasteiger partial charge in [-0.05, 0) is 18.2 Å². The molecule has 0 bridgehead atoms. The molecule has 0 saturated carbocycles. The number of aromatic nitrogens is 1. The predicted molar refractivity (Wildman–Crippen MR) is 91.3 cm³/mol. The summed E-state index contributed by atoms with van der Waals surface area (Å²) in [4.78, 5) is 4.63. The zero-order chi connectivity index (χ0) is 14.7. The topological polar surface area (TPSA) is 24.9 Å². The van der Waals surface area contributed by atoms with E-state index in [1.807, 2.05) is 30.3 Å². The summed E-state index contributed by atoms with van der Waals surface area (Å²) < 4.78 is 0. The minimum absolute atomic E-state index is 0.613. The van der Waals surface area contributed by atoms with E-state index in [4.69, 9.17) is 23.2 Å². The molecule has 0 spiro atoms. The van der Waals surface area contributed by atoms with Gasteiger partial charge < -0.3 is 5.32 Å². The van der Waals surface area contributed by atoms with Gasteiger partial charge in [0, 0.05) is 16.0 Å². The standard InChI is InChI=1S/C16H12Cl2N2S/c17-12-6-7-14(13(18)8-12)19-9-16-20-15(10-21-16)11-4-2-1-3-5-11/h1-8,10,19H,9H2. The quantitative estimate of drug-likeness (QED) is 0.659. The molecule has 21 heavy (non-hydrogen) atoms. The van der Waals surface area contributed by atoms with Gasteiger partial charge in [0.25, 0.3) is 0 Å². The SMILES string of the molecule is Clc1ccc(NCc2nc(-c3ccccc3)cs2)c(Cl)c1. The van der Waals surface area contributed by atoms with Crippen molar-refractivity contribution >= 4 is 40.2 Å². The van der Waals surface area contributed by atoms with Gasteiger partial charge in [0.05, 0.1) is 22.9 Å². The van der Waals surface area contributed by atoms with Gasteiger partial charge in [-0.3, -0.25) is 0 Å². The molecule has 2 nitrogen and oxygen atoms in total. The number of halogens is 2. The van der Waals surface area contributed by atoms with Crippen LogP contribution in [0.15, 0.2) is 53.9 Å². The number of hydrogen-bond donors (Lipinski definition) is 1. The van der Waals surface area contributed by atoms with Crippen molar-refractivity contribution in [1.82, 2.24) is 4.98 Å². The van der Waals surface area contributed by atoms with Crippen LogP contribution >= 0.6 is 34.5 Å². The van der Waals surface area contributed by atoms with E-state index >= 15 is 0 Å². The maximum atomic E-state index is 6.13. The number of rotatable bonds is 4. The molecular weight excluding hydrogens is 323 g/mol. The van der Waals surface area contributed by atoms with Crippen LogP contribution in [0.5, 0.6) is 0 Å². The third-order valence-corrected chi connectivity index (χ3v) is 4.38. The van der Waals surface area contributed by atoms with E-state index < -0.39 is 0 Å². The number of anilines is 1. The highest BCUT2D eigenvalue weighted by molar-refractivity contribution is 7.10. The van der Waals surface area contributed by atoms with Crippen LogP contribution in [-0.2, 0) is 6.54 Å². The highest BCUT2D eigenvalue weighted by Gasteiger charge is 2.05. The van der Waals surface area contributed by atoms with E-state index in [1.54, 1.807) is 17.4 Å². The molecule has 2 aromatic carbocycles. The van der Waals surface area contributed by atoms with Gasteiger partial charge in [-0.15, -0.1) is 11.3 Å². The number of nitrogens with zero attached hydrogens (tertiary/aromatic N) is 1. The van der Waals surface area contributed by atoms with Gasteiger partial charge in [-0.1, -0.05) is 53.5 Å². The fraction of sp³-hybridized carbons (Fsp3) is 0.0625. The molecule has 3 aromatic rings. The molecule has 3 rings (SSSR count). The molecule has 5 heteroatoms. The van der Waals surface area contributed by atoms with E-state index in [0.29, 0.717) is 16.6 Å². The number of thiazole rings is 1. The second-order valence-corrected chi connectivity index (χ2v) is 6.26. The summed E-state index contributed by atoms with van der Waals surface area (Å²) in [7, 11) is 0. The Balaban J connectivity index is 1.70. The van der Waals surface area contributed by atoms with Crippen molar-refractivity contribution < 1.29 is 0 Å².